The molecule has 120 valence electrons. The molecular weight excluding hydrogens is 330 g/mol. The van der Waals surface area contributed by atoms with Gasteiger partial charge in [-0.05, 0) is 53.7 Å². The topological polar surface area (TPSA) is 41.5 Å². The van der Waals surface area contributed by atoms with Crippen molar-refractivity contribution >= 4 is 15.9 Å². The molecule has 0 aliphatic heterocycles. The molecule has 0 aliphatic carbocycles. The fourth-order valence-electron chi connectivity index (χ4n) is 2.09. The minimum atomic E-state index is 0.288. The quantitative estimate of drug-likeness (QED) is 0.585. The van der Waals surface area contributed by atoms with Gasteiger partial charge in [0.15, 0.2) is 0 Å². The van der Waals surface area contributed by atoms with Crippen LogP contribution in [0.3, 0.4) is 0 Å². The lowest BCUT2D eigenvalue weighted by molar-refractivity contribution is 0.272. The first kappa shape index (κ1) is 18.5. The highest BCUT2D eigenvalue weighted by atomic mass is 79.9. The van der Waals surface area contributed by atoms with Crippen LogP contribution in [0, 0.1) is 5.92 Å². The number of nitrogens with one attached hydrogen (secondary N) is 1. The smallest absolute Gasteiger partial charge is 0.137 e. The Hall–Kier alpha value is -0.580. The van der Waals surface area contributed by atoms with Gasteiger partial charge >= 0.3 is 0 Å². The van der Waals surface area contributed by atoms with Gasteiger partial charge in [-0.15, -0.1) is 0 Å². The first-order valence-corrected chi connectivity index (χ1v) is 8.66. The van der Waals surface area contributed by atoms with Gasteiger partial charge in [-0.1, -0.05) is 32.4 Å². The van der Waals surface area contributed by atoms with Gasteiger partial charge in [0.1, 0.15) is 5.75 Å². The molecule has 4 heteroatoms. The molecule has 0 amide bonds. The van der Waals surface area contributed by atoms with E-state index in [1.54, 1.807) is 0 Å². The van der Waals surface area contributed by atoms with Crippen LogP contribution in [0.25, 0.3) is 0 Å². The van der Waals surface area contributed by atoms with Crippen molar-refractivity contribution in [3.8, 4) is 5.75 Å². The molecule has 0 fully saturated rings. The highest BCUT2D eigenvalue weighted by Crippen LogP contribution is 2.29. The molecule has 21 heavy (non-hydrogen) atoms. The second-order valence-corrected chi connectivity index (χ2v) is 6.59. The Bertz CT molecular complexity index is 396. The summed E-state index contributed by atoms with van der Waals surface area (Å²) in [6.07, 6.45) is 4.09. The van der Waals surface area contributed by atoms with Crippen molar-refractivity contribution in [3.05, 3.63) is 28.2 Å². The van der Waals surface area contributed by atoms with Gasteiger partial charge < -0.3 is 15.2 Å². The predicted octanol–water partition coefficient (Wildman–Crippen LogP) is 4.13. The van der Waals surface area contributed by atoms with Crippen LogP contribution in [-0.2, 0) is 6.54 Å². The van der Waals surface area contributed by atoms with Gasteiger partial charge in [0.25, 0.3) is 0 Å². The SMILES string of the molecule is CC(C)CNCc1cccc(Br)c1OCCCCCCO. The van der Waals surface area contributed by atoms with Gasteiger partial charge in [-0.2, -0.15) is 0 Å². The minimum Gasteiger partial charge on any atom is -0.492 e. The van der Waals surface area contributed by atoms with E-state index in [1.165, 1.54) is 5.56 Å². The van der Waals surface area contributed by atoms with Crippen LogP contribution in [-0.4, -0.2) is 24.9 Å². The number of benzene rings is 1. The van der Waals surface area contributed by atoms with Crippen molar-refractivity contribution < 1.29 is 9.84 Å². The molecule has 1 aromatic carbocycles. The normalized spacial score (nSPS) is 11.1. The first-order chi connectivity index (χ1) is 10.1. The lowest BCUT2D eigenvalue weighted by Gasteiger charge is -2.14. The average molecular weight is 358 g/mol. The van der Waals surface area contributed by atoms with Gasteiger partial charge in [-0.3, -0.25) is 0 Å². The molecule has 0 aliphatic rings. The largest absolute Gasteiger partial charge is 0.492 e. The van der Waals surface area contributed by atoms with Gasteiger partial charge in [0, 0.05) is 18.7 Å². The van der Waals surface area contributed by atoms with E-state index in [0.29, 0.717) is 5.92 Å². The van der Waals surface area contributed by atoms with Crippen molar-refractivity contribution in [3.63, 3.8) is 0 Å². The molecule has 3 nitrogen and oxygen atoms in total. The Kier molecular flexibility index (Phi) is 9.72. The fourth-order valence-corrected chi connectivity index (χ4v) is 2.61. The van der Waals surface area contributed by atoms with Crippen LogP contribution in [0.1, 0.15) is 45.1 Å². The van der Waals surface area contributed by atoms with Crippen LogP contribution < -0.4 is 10.1 Å². The zero-order chi connectivity index (χ0) is 15.5. The van der Waals surface area contributed by atoms with Crippen molar-refractivity contribution in [2.45, 2.75) is 46.1 Å². The third kappa shape index (κ3) is 7.84. The first-order valence-electron chi connectivity index (χ1n) is 7.87. The van der Waals surface area contributed by atoms with Crippen molar-refractivity contribution in [1.29, 1.82) is 0 Å². The average Bonchev–Trinajstić information content (AvgIpc) is 2.44. The zero-order valence-corrected chi connectivity index (χ0v) is 14.8. The predicted molar refractivity (Wildman–Crippen MR) is 91.7 cm³/mol. The zero-order valence-electron chi connectivity index (χ0n) is 13.2. The highest BCUT2D eigenvalue weighted by Gasteiger charge is 2.08. The number of unbranched alkanes of at least 4 members (excludes halogenated alkanes) is 3. The number of ether oxygens (including phenoxy) is 1. The monoisotopic (exact) mass is 357 g/mol. The summed E-state index contributed by atoms with van der Waals surface area (Å²) in [5.74, 6) is 1.60. The Labute approximate surface area is 137 Å². The summed E-state index contributed by atoms with van der Waals surface area (Å²) in [5, 5.41) is 12.2. The van der Waals surface area contributed by atoms with E-state index in [2.05, 4.69) is 41.2 Å². The summed E-state index contributed by atoms with van der Waals surface area (Å²) in [4.78, 5) is 0. The van der Waals surface area contributed by atoms with Gasteiger partial charge in [0.2, 0.25) is 0 Å². The highest BCUT2D eigenvalue weighted by molar-refractivity contribution is 9.10. The van der Waals surface area contributed by atoms with E-state index >= 15 is 0 Å². The van der Waals surface area contributed by atoms with Crippen molar-refractivity contribution in [2.75, 3.05) is 19.8 Å². The van der Waals surface area contributed by atoms with E-state index in [-0.39, 0.29) is 6.61 Å². The van der Waals surface area contributed by atoms with Gasteiger partial charge in [-0.25, -0.2) is 0 Å². The third-order valence-corrected chi connectivity index (χ3v) is 3.84. The molecule has 1 aromatic rings. The molecular formula is C17H28BrNO2. The maximum absolute atomic E-state index is 8.75. The van der Waals surface area contributed by atoms with E-state index in [9.17, 15) is 0 Å². The molecule has 0 bridgehead atoms. The van der Waals surface area contributed by atoms with Crippen molar-refractivity contribution in [1.82, 2.24) is 5.32 Å². The summed E-state index contributed by atoms with van der Waals surface area (Å²) in [7, 11) is 0. The molecule has 1 rings (SSSR count). The summed E-state index contributed by atoms with van der Waals surface area (Å²) < 4.78 is 6.97. The number of rotatable bonds is 11. The summed E-state index contributed by atoms with van der Waals surface area (Å²) in [5.41, 5.74) is 1.19. The number of hydrogen-bond donors (Lipinski definition) is 2. The number of hydrogen-bond acceptors (Lipinski definition) is 3. The maximum Gasteiger partial charge on any atom is 0.137 e. The van der Waals surface area contributed by atoms with E-state index in [0.717, 1.165) is 55.6 Å². The minimum absolute atomic E-state index is 0.288. The molecule has 0 radical (unpaired) electrons. The molecule has 2 N–H and O–H groups in total. The summed E-state index contributed by atoms with van der Waals surface area (Å²) in [6.45, 7) is 7.27. The lowest BCUT2D eigenvalue weighted by Crippen LogP contribution is -2.19. The van der Waals surface area contributed by atoms with Crippen LogP contribution in [0.4, 0.5) is 0 Å². The standard InChI is InChI=1S/C17H28BrNO2/c1-14(2)12-19-13-15-8-7-9-16(18)17(15)21-11-6-4-3-5-10-20/h7-9,14,19-20H,3-6,10-13H2,1-2H3. The fraction of sp³-hybridized carbons (Fsp3) is 0.647. The summed E-state index contributed by atoms with van der Waals surface area (Å²) >= 11 is 3.58. The van der Waals surface area contributed by atoms with Crippen LogP contribution in [0.2, 0.25) is 0 Å². The van der Waals surface area contributed by atoms with Crippen LogP contribution in [0.15, 0.2) is 22.7 Å². The lowest BCUT2D eigenvalue weighted by atomic mass is 10.1. The Morgan fingerprint density at radius 2 is 1.95 bits per heavy atom. The van der Waals surface area contributed by atoms with E-state index in [1.807, 2.05) is 12.1 Å². The third-order valence-electron chi connectivity index (χ3n) is 3.22. The molecule has 0 unspecified atom stereocenters. The summed E-state index contributed by atoms with van der Waals surface area (Å²) in [6, 6.07) is 6.18. The van der Waals surface area contributed by atoms with Crippen molar-refractivity contribution in [2.24, 2.45) is 5.92 Å². The Balaban J connectivity index is 2.43. The molecule has 0 saturated heterocycles. The second kappa shape index (κ2) is 11.0. The number of halogens is 1. The molecule has 0 heterocycles. The number of aliphatic hydroxyl groups excluding tert-OH is 1. The maximum atomic E-state index is 8.75. The Morgan fingerprint density at radius 3 is 2.67 bits per heavy atom. The van der Waals surface area contributed by atoms with Crippen LogP contribution >= 0.6 is 15.9 Å². The Morgan fingerprint density at radius 1 is 1.19 bits per heavy atom. The van der Waals surface area contributed by atoms with E-state index in [4.69, 9.17) is 9.84 Å². The van der Waals surface area contributed by atoms with Gasteiger partial charge in [0.05, 0.1) is 11.1 Å². The van der Waals surface area contributed by atoms with Crippen LogP contribution in [0.5, 0.6) is 5.75 Å². The molecule has 0 spiro atoms. The number of aliphatic hydroxyl groups is 1. The molecule has 0 saturated carbocycles. The molecule has 0 aromatic heterocycles. The second-order valence-electron chi connectivity index (χ2n) is 5.74. The molecule has 0 atom stereocenters. The number of para-hydroxylation sites is 1. The van der Waals surface area contributed by atoms with E-state index < -0.39 is 0 Å².